The van der Waals surface area contributed by atoms with E-state index in [1.807, 2.05) is 20.8 Å². The summed E-state index contributed by atoms with van der Waals surface area (Å²) in [5.74, 6) is 0.702. The number of hydrogen-bond donors (Lipinski definition) is 1. The molecule has 1 amide bonds. The zero-order valence-electron chi connectivity index (χ0n) is 17.1. The highest BCUT2D eigenvalue weighted by Crippen LogP contribution is 2.37. The molecule has 1 saturated carbocycles. The standard InChI is InChI=1S/C19H39NO3Si/c1-18(2,3)23-17(21)20-16(13-15-11-9-10-12-15)14-22-24(7,8)19(4,5)6/h15-16H,9-14H2,1-8H3,(H,20,21)/t16-/m1/s1. The predicted octanol–water partition coefficient (Wildman–Crippen LogP) is 5.48. The Bertz CT molecular complexity index is 404. The highest BCUT2D eigenvalue weighted by atomic mass is 28.4. The van der Waals surface area contributed by atoms with Crippen molar-refractivity contribution in [2.45, 2.75) is 103 Å². The molecule has 1 fully saturated rings. The van der Waals surface area contributed by atoms with Crippen LogP contribution in [0.5, 0.6) is 0 Å². The van der Waals surface area contributed by atoms with Gasteiger partial charge < -0.3 is 14.5 Å². The largest absolute Gasteiger partial charge is 0.444 e. The summed E-state index contributed by atoms with van der Waals surface area (Å²) in [4.78, 5) is 12.2. The van der Waals surface area contributed by atoms with Crippen molar-refractivity contribution in [3.63, 3.8) is 0 Å². The Morgan fingerprint density at radius 1 is 1.12 bits per heavy atom. The van der Waals surface area contributed by atoms with Gasteiger partial charge in [0, 0.05) is 0 Å². The molecule has 1 rings (SSSR count). The molecule has 5 heteroatoms. The second-order valence-electron chi connectivity index (χ2n) is 9.80. The molecule has 0 aromatic rings. The number of ether oxygens (including phenoxy) is 1. The average Bonchev–Trinajstić information content (AvgIpc) is 2.85. The summed E-state index contributed by atoms with van der Waals surface area (Å²) >= 11 is 0. The van der Waals surface area contributed by atoms with Crippen molar-refractivity contribution in [1.29, 1.82) is 0 Å². The van der Waals surface area contributed by atoms with E-state index in [1.54, 1.807) is 0 Å². The van der Waals surface area contributed by atoms with Gasteiger partial charge in [0.05, 0.1) is 12.6 Å². The Hall–Kier alpha value is -0.553. The van der Waals surface area contributed by atoms with E-state index < -0.39 is 13.9 Å². The van der Waals surface area contributed by atoms with Crippen LogP contribution in [0.2, 0.25) is 18.1 Å². The SMILES string of the molecule is CC(C)(C)OC(=O)N[C@@H](CO[Si](C)(C)C(C)(C)C)CC1CCCC1. The number of carbonyl (C=O) groups is 1. The first-order valence-corrected chi connectivity index (χ1v) is 12.3. The highest BCUT2D eigenvalue weighted by molar-refractivity contribution is 6.74. The zero-order valence-corrected chi connectivity index (χ0v) is 18.1. The third kappa shape index (κ3) is 7.56. The van der Waals surface area contributed by atoms with Gasteiger partial charge in [0.1, 0.15) is 5.60 Å². The monoisotopic (exact) mass is 357 g/mol. The predicted molar refractivity (Wildman–Crippen MR) is 103 cm³/mol. The Labute approximate surface area is 150 Å². The van der Waals surface area contributed by atoms with E-state index in [9.17, 15) is 4.79 Å². The Morgan fingerprint density at radius 2 is 1.67 bits per heavy atom. The number of amides is 1. The van der Waals surface area contributed by atoms with Crippen LogP contribution in [-0.4, -0.2) is 32.7 Å². The van der Waals surface area contributed by atoms with Crippen LogP contribution in [0, 0.1) is 5.92 Å². The minimum Gasteiger partial charge on any atom is -0.444 e. The molecule has 0 bridgehead atoms. The lowest BCUT2D eigenvalue weighted by atomic mass is 9.99. The lowest BCUT2D eigenvalue weighted by molar-refractivity contribution is 0.0475. The van der Waals surface area contributed by atoms with Crippen molar-refractivity contribution < 1.29 is 14.0 Å². The van der Waals surface area contributed by atoms with Crippen LogP contribution >= 0.6 is 0 Å². The average molecular weight is 358 g/mol. The van der Waals surface area contributed by atoms with E-state index in [1.165, 1.54) is 25.7 Å². The van der Waals surface area contributed by atoms with Gasteiger partial charge in [0.2, 0.25) is 0 Å². The van der Waals surface area contributed by atoms with Crippen molar-refractivity contribution in [2.75, 3.05) is 6.61 Å². The molecular formula is C19H39NO3Si. The van der Waals surface area contributed by atoms with Crippen molar-refractivity contribution in [3.05, 3.63) is 0 Å². The summed E-state index contributed by atoms with van der Waals surface area (Å²) < 4.78 is 11.8. The van der Waals surface area contributed by atoms with Gasteiger partial charge in [-0.3, -0.25) is 0 Å². The summed E-state index contributed by atoms with van der Waals surface area (Å²) in [6.07, 6.45) is 5.83. The molecular weight excluding hydrogens is 318 g/mol. The molecule has 1 aliphatic rings. The van der Waals surface area contributed by atoms with E-state index in [2.05, 4.69) is 39.2 Å². The summed E-state index contributed by atoms with van der Waals surface area (Å²) in [5, 5.41) is 3.24. The smallest absolute Gasteiger partial charge is 0.407 e. The van der Waals surface area contributed by atoms with Crippen molar-refractivity contribution in [1.82, 2.24) is 5.32 Å². The van der Waals surface area contributed by atoms with Crippen LogP contribution in [-0.2, 0) is 9.16 Å². The fourth-order valence-electron chi connectivity index (χ4n) is 2.82. The normalized spacial score (nSPS) is 18.5. The molecule has 24 heavy (non-hydrogen) atoms. The molecule has 1 atom stereocenters. The van der Waals surface area contributed by atoms with Gasteiger partial charge in [0.25, 0.3) is 0 Å². The van der Waals surface area contributed by atoms with E-state index in [0.29, 0.717) is 12.5 Å². The van der Waals surface area contributed by atoms with Crippen LogP contribution in [0.4, 0.5) is 4.79 Å². The Kier molecular flexibility index (Phi) is 7.36. The first-order valence-electron chi connectivity index (χ1n) is 9.44. The summed E-state index contributed by atoms with van der Waals surface area (Å²) in [6, 6.07) is 0.0390. The summed E-state index contributed by atoms with van der Waals surface area (Å²) in [7, 11) is -1.81. The molecule has 0 radical (unpaired) electrons. The van der Waals surface area contributed by atoms with Crippen LogP contribution in [0.1, 0.15) is 73.6 Å². The molecule has 0 unspecified atom stereocenters. The maximum absolute atomic E-state index is 12.2. The summed E-state index contributed by atoms with van der Waals surface area (Å²) in [5.41, 5.74) is -0.470. The number of nitrogens with one attached hydrogen (secondary N) is 1. The quantitative estimate of drug-likeness (QED) is 0.640. The Morgan fingerprint density at radius 3 is 2.12 bits per heavy atom. The zero-order chi connectivity index (χ0) is 18.6. The van der Waals surface area contributed by atoms with Gasteiger partial charge in [-0.25, -0.2) is 4.79 Å². The number of alkyl carbamates (subject to hydrolysis) is 1. The second kappa shape index (κ2) is 8.22. The number of carbonyl (C=O) groups excluding carboxylic acids is 1. The summed E-state index contributed by atoms with van der Waals surface area (Å²) in [6.45, 7) is 17.5. The van der Waals surface area contributed by atoms with Crippen LogP contribution in [0.3, 0.4) is 0 Å². The Balaban J connectivity index is 2.65. The number of hydrogen-bond acceptors (Lipinski definition) is 3. The van der Waals surface area contributed by atoms with Crippen LogP contribution < -0.4 is 5.32 Å². The maximum Gasteiger partial charge on any atom is 0.407 e. The maximum atomic E-state index is 12.2. The molecule has 1 N–H and O–H groups in total. The second-order valence-corrected chi connectivity index (χ2v) is 14.6. The van der Waals surface area contributed by atoms with Gasteiger partial charge in [-0.15, -0.1) is 0 Å². The van der Waals surface area contributed by atoms with E-state index in [4.69, 9.17) is 9.16 Å². The first-order chi connectivity index (χ1) is 10.8. The fourth-order valence-corrected chi connectivity index (χ4v) is 3.87. The number of rotatable bonds is 6. The van der Waals surface area contributed by atoms with Gasteiger partial charge in [-0.05, 0) is 51.2 Å². The van der Waals surface area contributed by atoms with Gasteiger partial charge in [-0.2, -0.15) is 0 Å². The molecule has 0 heterocycles. The molecule has 0 saturated heterocycles. The van der Waals surface area contributed by atoms with Gasteiger partial charge in [0.15, 0.2) is 8.32 Å². The lowest BCUT2D eigenvalue weighted by Crippen LogP contribution is -2.47. The molecule has 0 spiro atoms. The van der Waals surface area contributed by atoms with E-state index in [0.717, 1.165) is 6.42 Å². The molecule has 0 aromatic carbocycles. The van der Waals surface area contributed by atoms with Crippen molar-refractivity contribution in [3.8, 4) is 0 Å². The highest BCUT2D eigenvalue weighted by Gasteiger charge is 2.38. The minimum absolute atomic E-state index is 0.0390. The third-order valence-electron chi connectivity index (χ3n) is 5.27. The van der Waals surface area contributed by atoms with Crippen LogP contribution in [0.25, 0.3) is 0 Å². The third-order valence-corrected chi connectivity index (χ3v) is 9.77. The van der Waals surface area contributed by atoms with E-state index in [-0.39, 0.29) is 17.2 Å². The fraction of sp³-hybridized carbons (Fsp3) is 0.947. The molecule has 0 aromatic heterocycles. The molecule has 142 valence electrons. The van der Waals surface area contributed by atoms with Gasteiger partial charge >= 0.3 is 6.09 Å². The molecule has 0 aliphatic heterocycles. The van der Waals surface area contributed by atoms with E-state index >= 15 is 0 Å². The van der Waals surface area contributed by atoms with Crippen molar-refractivity contribution in [2.24, 2.45) is 5.92 Å². The molecule has 1 aliphatic carbocycles. The molecule has 4 nitrogen and oxygen atoms in total. The minimum atomic E-state index is -1.81. The van der Waals surface area contributed by atoms with Crippen molar-refractivity contribution >= 4 is 14.4 Å². The van der Waals surface area contributed by atoms with Gasteiger partial charge in [-0.1, -0.05) is 46.5 Å². The van der Waals surface area contributed by atoms with Crippen LogP contribution in [0.15, 0.2) is 0 Å². The topological polar surface area (TPSA) is 47.6 Å². The lowest BCUT2D eigenvalue weighted by Gasteiger charge is -2.37. The first kappa shape index (κ1) is 21.5.